The maximum atomic E-state index is 13.0. The second-order valence-corrected chi connectivity index (χ2v) is 15.7. The first-order chi connectivity index (χ1) is 27.0. The summed E-state index contributed by atoms with van der Waals surface area (Å²) in [4.78, 5) is 57.6. The number of aromatic nitrogens is 3. The zero-order valence-electron chi connectivity index (χ0n) is 30.8. The van der Waals surface area contributed by atoms with Crippen molar-refractivity contribution in [3.05, 3.63) is 81.2 Å². The molecule has 1 unspecified atom stereocenters. The number of halogens is 1. The Morgan fingerprint density at radius 1 is 0.964 bits per heavy atom. The van der Waals surface area contributed by atoms with E-state index in [0.29, 0.717) is 40.9 Å². The topological polar surface area (TPSA) is 209 Å². The van der Waals surface area contributed by atoms with Gasteiger partial charge in [0.1, 0.15) is 16.4 Å². The van der Waals surface area contributed by atoms with E-state index in [4.69, 9.17) is 25.8 Å². The van der Waals surface area contributed by atoms with Crippen molar-refractivity contribution in [1.29, 1.82) is 0 Å². The first-order valence-electron chi connectivity index (χ1n) is 18.4. The Hall–Kier alpha value is -4.94. The lowest BCUT2D eigenvalue weighted by molar-refractivity contribution is -0.134. The average molecular weight is 810 g/mol. The minimum atomic E-state index is -3.82. The SMILES string of the molecule is Cc1cc(S(=O)(=O)NCCOCCOCCNC(=O)COc2ccc(C3CCC(=O)NC3=O)cc2)ccc1Nc1ncc2cc(Cl)c(=O)n(C3CCCC3)c2n1. The van der Waals surface area contributed by atoms with E-state index in [1.807, 2.05) is 0 Å². The van der Waals surface area contributed by atoms with Crippen molar-refractivity contribution in [2.45, 2.75) is 62.3 Å². The lowest BCUT2D eigenvalue weighted by Crippen LogP contribution is -2.39. The van der Waals surface area contributed by atoms with E-state index < -0.39 is 10.0 Å². The largest absolute Gasteiger partial charge is 0.484 e. The van der Waals surface area contributed by atoms with Gasteiger partial charge in [-0.25, -0.2) is 18.1 Å². The molecule has 4 N–H and O–H groups in total. The molecule has 1 saturated heterocycles. The van der Waals surface area contributed by atoms with Crippen LogP contribution in [-0.2, 0) is 33.9 Å². The summed E-state index contributed by atoms with van der Waals surface area (Å²) in [7, 11) is -3.82. The number of fused-ring (bicyclic) bond motifs is 1. The van der Waals surface area contributed by atoms with E-state index in [2.05, 4.69) is 30.6 Å². The number of imide groups is 1. The molecule has 2 aromatic carbocycles. The summed E-state index contributed by atoms with van der Waals surface area (Å²) < 4.78 is 46.6. The lowest BCUT2D eigenvalue weighted by Gasteiger charge is -2.21. The Morgan fingerprint density at radius 2 is 1.70 bits per heavy atom. The number of aryl methyl sites for hydroxylation is 1. The summed E-state index contributed by atoms with van der Waals surface area (Å²) in [5.74, 6) is -0.555. The van der Waals surface area contributed by atoms with Gasteiger partial charge in [0.05, 0.1) is 37.2 Å². The maximum absolute atomic E-state index is 13.0. The van der Waals surface area contributed by atoms with Crippen molar-refractivity contribution in [1.82, 2.24) is 29.9 Å². The third kappa shape index (κ3) is 10.5. The molecular weight excluding hydrogens is 766 g/mol. The number of benzene rings is 2. The van der Waals surface area contributed by atoms with Crippen LogP contribution in [0.25, 0.3) is 11.0 Å². The maximum Gasteiger partial charge on any atom is 0.271 e. The highest BCUT2D eigenvalue weighted by molar-refractivity contribution is 7.89. The quantitative estimate of drug-likeness (QED) is 0.0840. The molecule has 0 radical (unpaired) electrons. The smallest absolute Gasteiger partial charge is 0.271 e. The van der Waals surface area contributed by atoms with E-state index >= 15 is 0 Å². The van der Waals surface area contributed by atoms with Crippen molar-refractivity contribution < 1.29 is 37.0 Å². The number of carbonyl (C=O) groups excluding carboxylic acids is 3. The first-order valence-corrected chi connectivity index (χ1v) is 20.3. The number of amides is 3. The third-order valence-electron chi connectivity index (χ3n) is 9.54. The molecule has 3 amide bonds. The van der Waals surface area contributed by atoms with Crippen molar-refractivity contribution in [3.63, 3.8) is 0 Å². The number of ether oxygens (including phenoxy) is 3. The highest BCUT2D eigenvalue weighted by atomic mass is 35.5. The van der Waals surface area contributed by atoms with Gasteiger partial charge < -0.3 is 24.8 Å². The Labute approximate surface area is 328 Å². The van der Waals surface area contributed by atoms with Crippen LogP contribution in [0.5, 0.6) is 5.75 Å². The molecule has 18 heteroatoms. The van der Waals surface area contributed by atoms with E-state index in [1.165, 1.54) is 6.07 Å². The third-order valence-corrected chi connectivity index (χ3v) is 11.3. The van der Waals surface area contributed by atoms with Gasteiger partial charge >= 0.3 is 0 Å². The average Bonchev–Trinajstić information content (AvgIpc) is 3.71. The molecule has 4 aromatic rings. The Morgan fingerprint density at radius 3 is 2.41 bits per heavy atom. The molecule has 16 nitrogen and oxygen atoms in total. The molecule has 298 valence electrons. The normalized spacial score (nSPS) is 16.2. The van der Waals surface area contributed by atoms with Gasteiger partial charge in [-0.3, -0.25) is 29.1 Å². The van der Waals surface area contributed by atoms with E-state index in [9.17, 15) is 27.6 Å². The van der Waals surface area contributed by atoms with E-state index in [1.54, 1.807) is 60.2 Å². The number of nitrogens with zero attached hydrogens (tertiary/aromatic N) is 3. The molecule has 1 saturated carbocycles. The van der Waals surface area contributed by atoms with Crippen LogP contribution < -0.4 is 31.0 Å². The number of piperidine rings is 1. The number of rotatable bonds is 18. The summed E-state index contributed by atoms with van der Waals surface area (Å²) in [5, 5.41) is 8.97. The Bertz CT molecular complexity index is 2230. The number of hydrogen-bond donors (Lipinski definition) is 4. The number of sulfonamides is 1. The summed E-state index contributed by atoms with van der Waals surface area (Å²) in [6.45, 7) is 2.74. The molecule has 1 atom stereocenters. The predicted octanol–water partition coefficient (Wildman–Crippen LogP) is 3.64. The lowest BCUT2D eigenvalue weighted by atomic mass is 9.90. The number of hydrogen-bond acceptors (Lipinski definition) is 12. The van der Waals surface area contributed by atoms with Gasteiger partial charge in [-0.05, 0) is 73.7 Å². The zero-order chi connectivity index (χ0) is 39.7. The van der Waals surface area contributed by atoms with Crippen LogP contribution in [0.2, 0.25) is 5.02 Å². The van der Waals surface area contributed by atoms with Crippen LogP contribution in [0.3, 0.4) is 0 Å². The Balaban J connectivity index is 0.857. The minimum absolute atomic E-state index is 0.0254. The van der Waals surface area contributed by atoms with Crippen LogP contribution in [-0.4, -0.2) is 86.8 Å². The highest BCUT2D eigenvalue weighted by Crippen LogP contribution is 2.32. The van der Waals surface area contributed by atoms with Crippen LogP contribution in [0.4, 0.5) is 11.6 Å². The standard InChI is InChI=1S/C38H44ClN7O9S/c1-24-20-29(10-12-32(24)43-38-41-22-26-21-31(39)37(50)46(35(26)45-38)27-4-2-3-5-27)56(51,52)42-15-17-54-19-18-53-16-14-40-34(48)23-55-28-8-6-25(7-9-28)30-11-13-33(47)44-36(30)49/h6-10,12,20-22,27,30,42H,2-5,11,13-19,23H2,1H3,(H,40,48)(H,41,43,45)(H,44,47,49). The summed E-state index contributed by atoms with van der Waals surface area (Å²) in [5.41, 5.74) is 2.26. The van der Waals surface area contributed by atoms with Gasteiger partial charge in [-0.2, -0.15) is 4.98 Å². The fraction of sp³-hybridized carbons (Fsp3) is 0.421. The number of pyridine rings is 1. The van der Waals surface area contributed by atoms with Crippen molar-refractivity contribution in [3.8, 4) is 5.75 Å². The van der Waals surface area contributed by atoms with Crippen molar-refractivity contribution in [2.75, 3.05) is 51.4 Å². The van der Waals surface area contributed by atoms with Gasteiger partial charge in [0.2, 0.25) is 27.8 Å². The molecule has 0 bridgehead atoms. The molecule has 56 heavy (non-hydrogen) atoms. The molecular formula is C38H44ClN7O9S. The van der Waals surface area contributed by atoms with Crippen molar-refractivity contribution in [2.24, 2.45) is 0 Å². The van der Waals surface area contributed by atoms with E-state index in [-0.39, 0.29) is 97.2 Å². The zero-order valence-corrected chi connectivity index (χ0v) is 32.4. The molecule has 1 aliphatic heterocycles. The second-order valence-electron chi connectivity index (χ2n) is 13.5. The van der Waals surface area contributed by atoms with Gasteiger partial charge in [-0.15, -0.1) is 0 Å². The van der Waals surface area contributed by atoms with E-state index in [0.717, 1.165) is 31.2 Å². The molecule has 2 aliphatic rings. The summed E-state index contributed by atoms with van der Waals surface area (Å²) >= 11 is 6.24. The number of nitrogens with one attached hydrogen (secondary N) is 4. The summed E-state index contributed by atoms with van der Waals surface area (Å²) in [6, 6.07) is 13.1. The monoisotopic (exact) mass is 809 g/mol. The molecule has 0 spiro atoms. The summed E-state index contributed by atoms with van der Waals surface area (Å²) in [6.07, 6.45) is 6.19. The molecule has 2 fully saturated rings. The number of anilines is 2. The second kappa shape index (κ2) is 18.8. The Kier molecular flexibility index (Phi) is 13.7. The predicted molar refractivity (Wildman–Crippen MR) is 208 cm³/mol. The molecule has 1 aliphatic carbocycles. The minimum Gasteiger partial charge on any atom is -0.484 e. The van der Waals surface area contributed by atoms with Crippen LogP contribution >= 0.6 is 11.6 Å². The fourth-order valence-corrected chi connectivity index (χ4v) is 7.94. The van der Waals surface area contributed by atoms with Gasteiger partial charge in [0.15, 0.2) is 6.61 Å². The van der Waals surface area contributed by atoms with Crippen LogP contribution in [0.15, 0.2) is 64.4 Å². The van der Waals surface area contributed by atoms with Crippen LogP contribution in [0.1, 0.15) is 61.6 Å². The molecule has 6 rings (SSSR count). The highest BCUT2D eigenvalue weighted by Gasteiger charge is 2.28. The van der Waals surface area contributed by atoms with Crippen molar-refractivity contribution >= 4 is 62.0 Å². The van der Waals surface area contributed by atoms with Gasteiger partial charge in [-0.1, -0.05) is 36.6 Å². The van der Waals surface area contributed by atoms with Gasteiger partial charge in [0.25, 0.3) is 11.5 Å². The fourth-order valence-electron chi connectivity index (χ4n) is 6.64. The molecule has 2 aromatic heterocycles. The number of carbonyl (C=O) groups is 3. The van der Waals surface area contributed by atoms with Gasteiger partial charge in [0, 0.05) is 42.8 Å². The first kappa shape index (κ1) is 40.7. The van der Waals surface area contributed by atoms with Crippen LogP contribution in [0, 0.1) is 6.92 Å². The molecule has 3 heterocycles.